The molecule has 2 amide bonds. The monoisotopic (exact) mass is 413 g/mol. The van der Waals surface area contributed by atoms with Gasteiger partial charge in [0.05, 0.1) is 22.4 Å². The number of nitrogens with one attached hydrogen (secondary N) is 2. The maximum absolute atomic E-state index is 13.4. The quantitative estimate of drug-likeness (QED) is 0.576. The fourth-order valence-corrected chi connectivity index (χ4v) is 6.18. The molecule has 3 aromatic rings. The summed E-state index contributed by atoms with van der Waals surface area (Å²) in [6.07, 6.45) is 0.124. The number of para-hydroxylation sites is 2. The Morgan fingerprint density at radius 2 is 1.84 bits per heavy atom. The predicted octanol–water partition coefficient (Wildman–Crippen LogP) is 1.11. The maximum Gasteiger partial charge on any atom is 0.262 e. The number of rotatable bonds is 0. The second-order valence-corrected chi connectivity index (χ2v) is 8.88. The van der Waals surface area contributed by atoms with Crippen LogP contribution in [0.4, 0.5) is 5.69 Å². The zero-order chi connectivity index (χ0) is 21.1. The first-order valence-corrected chi connectivity index (χ1v) is 10.5. The van der Waals surface area contributed by atoms with Crippen molar-refractivity contribution in [2.45, 2.75) is 43.1 Å². The van der Waals surface area contributed by atoms with Crippen molar-refractivity contribution in [3.8, 4) is 0 Å². The van der Waals surface area contributed by atoms with Crippen LogP contribution >= 0.6 is 0 Å². The topological polar surface area (TPSA) is 96.3 Å². The minimum atomic E-state index is -0.676. The van der Waals surface area contributed by atoms with Crippen LogP contribution in [-0.4, -0.2) is 33.6 Å². The lowest BCUT2D eigenvalue weighted by atomic mass is 9.64. The van der Waals surface area contributed by atoms with Crippen molar-refractivity contribution in [3.63, 3.8) is 0 Å². The summed E-state index contributed by atoms with van der Waals surface area (Å²) >= 11 is 0. The summed E-state index contributed by atoms with van der Waals surface area (Å²) in [6, 6.07) is 13.6. The Morgan fingerprint density at radius 3 is 2.71 bits per heavy atom. The standard InChI is InChI=1S/C23H19N5O3/c1-11-20(30)28-15-9-5-3-7-13(15)23(22(28)24-11)10-16-19(29)26-17(23)18-25-14-8-4-2-6-12(14)21(31)27(16)18/h2-9,11,16-17,22,24H,10H2,1H3,(H,26,29)/t11-,16-,17?,22-,23+/m0/s1. The summed E-state index contributed by atoms with van der Waals surface area (Å²) in [5, 5.41) is 7.12. The Bertz CT molecular complexity index is 1400. The Hall–Kier alpha value is -3.52. The lowest BCUT2D eigenvalue weighted by molar-refractivity contribution is -0.132. The molecule has 1 unspecified atom stereocenters. The average molecular weight is 413 g/mol. The Balaban J connectivity index is 1.54. The van der Waals surface area contributed by atoms with Crippen LogP contribution in [0.15, 0.2) is 53.3 Å². The third-order valence-electron chi connectivity index (χ3n) is 7.47. The number of hydrogen-bond donors (Lipinski definition) is 2. The highest BCUT2D eigenvalue weighted by molar-refractivity contribution is 6.03. The van der Waals surface area contributed by atoms with E-state index < -0.39 is 17.5 Å². The second kappa shape index (κ2) is 5.39. The van der Waals surface area contributed by atoms with Crippen molar-refractivity contribution in [3.05, 3.63) is 70.3 Å². The molecule has 2 N–H and O–H groups in total. The van der Waals surface area contributed by atoms with E-state index in [0.717, 1.165) is 11.3 Å². The fraction of sp³-hybridized carbons (Fsp3) is 0.304. The molecule has 2 aromatic carbocycles. The van der Waals surface area contributed by atoms with Gasteiger partial charge in [-0.3, -0.25) is 29.2 Å². The van der Waals surface area contributed by atoms with Gasteiger partial charge in [-0.05, 0) is 37.1 Å². The number of piperidine rings is 1. The fourth-order valence-electron chi connectivity index (χ4n) is 6.18. The lowest BCUT2D eigenvalue weighted by Crippen LogP contribution is -2.66. The van der Waals surface area contributed by atoms with Gasteiger partial charge in [-0.25, -0.2) is 4.98 Å². The Labute approximate surface area is 176 Å². The van der Waals surface area contributed by atoms with E-state index in [1.165, 1.54) is 0 Å². The van der Waals surface area contributed by atoms with Gasteiger partial charge in [0.1, 0.15) is 24.1 Å². The normalized spacial score (nSPS) is 32.4. The zero-order valence-corrected chi connectivity index (χ0v) is 16.7. The largest absolute Gasteiger partial charge is 0.343 e. The van der Waals surface area contributed by atoms with E-state index in [2.05, 4.69) is 10.6 Å². The minimum absolute atomic E-state index is 0.0194. The van der Waals surface area contributed by atoms with Gasteiger partial charge >= 0.3 is 0 Å². The van der Waals surface area contributed by atoms with E-state index in [9.17, 15) is 14.4 Å². The third kappa shape index (κ3) is 1.82. The molecule has 5 aliphatic rings. The van der Waals surface area contributed by atoms with Crippen LogP contribution < -0.4 is 21.1 Å². The number of aromatic nitrogens is 2. The molecule has 2 saturated heterocycles. The molecule has 5 aliphatic heterocycles. The number of hydrogen-bond acceptors (Lipinski definition) is 5. The van der Waals surface area contributed by atoms with Crippen LogP contribution in [0.5, 0.6) is 0 Å². The van der Waals surface area contributed by atoms with Gasteiger partial charge in [-0.1, -0.05) is 30.3 Å². The molecule has 8 nitrogen and oxygen atoms in total. The molecule has 1 spiro atoms. The molecule has 0 saturated carbocycles. The number of amides is 2. The van der Waals surface area contributed by atoms with Crippen LogP contribution in [0, 0.1) is 0 Å². The van der Waals surface area contributed by atoms with E-state index in [1.807, 2.05) is 54.3 Å². The molecule has 2 bridgehead atoms. The average Bonchev–Trinajstić information content (AvgIpc) is 3.22. The highest BCUT2D eigenvalue weighted by atomic mass is 16.2. The van der Waals surface area contributed by atoms with E-state index >= 15 is 0 Å². The molecule has 0 radical (unpaired) electrons. The Morgan fingerprint density at radius 1 is 1.06 bits per heavy atom. The van der Waals surface area contributed by atoms with Crippen molar-refractivity contribution >= 4 is 28.4 Å². The van der Waals surface area contributed by atoms with Gasteiger partial charge in [0.25, 0.3) is 5.56 Å². The SMILES string of the molecule is C[C@@H]1N[C@H]2N(C1=O)c1ccccc1[C@@]21C[C@H]2C(=O)NC1c1nc3ccccc3c(=O)n12. The molecule has 1 aromatic heterocycles. The zero-order valence-electron chi connectivity index (χ0n) is 16.7. The molecule has 2 fully saturated rings. The van der Waals surface area contributed by atoms with Gasteiger partial charge in [-0.2, -0.15) is 0 Å². The van der Waals surface area contributed by atoms with Crippen LogP contribution in [0.3, 0.4) is 0 Å². The highest BCUT2D eigenvalue weighted by Gasteiger charge is 2.67. The first-order valence-electron chi connectivity index (χ1n) is 10.5. The van der Waals surface area contributed by atoms with Gasteiger partial charge in [0, 0.05) is 5.69 Å². The number of fused-ring (bicyclic) bond motifs is 5. The van der Waals surface area contributed by atoms with Gasteiger partial charge in [0.15, 0.2) is 0 Å². The van der Waals surface area contributed by atoms with Crippen molar-refractivity contribution < 1.29 is 9.59 Å². The van der Waals surface area contributed by atoms with E-state index in [0.29, 0.717) is 23.1 Å². The molecule has 8 rings (SSSR count). The number of nitrogens with zero attached hydrogens (tertiary/aromatic N) is 3. The summed E-state index contributed by atoms with van der Waals surface area (Å²) in [6.45, 7) is 1.86. The lowest BCUT2D eigenvalue weighted by Gasteiger charge is -2.52. The van der Waals surface area contributed by atoms with Gasteiger partial charge < -0.3 is 5.32 Å². The van der Waals surface area contributed by atoms with Gasteiger partial charge in [0.2, 0.25) is 11.8 Å². The van der Waals surface area contributed by atoms with Crippen molar-refractivity contribution in [1.82, 2.24) is 20.2 Å². The molecular formula is C23H19N5O3. The van der Waals surface area contributed by atoms with E-state index in [1.54, 1.807) is 10.6 Å². The van der Waals surface area contributed by atoms with Crippen LogP contribution in [-0.2, 0) is 15.0 Å². The van der Waals surface area contributed by atoms with Crippen LogP contribution in [0.25, 0.3) is 10.9 Å². The molecular weight excluding hydrogens is 394 g/mol. The second-order valence-electron chi connectivity index (χ2n) is 8.88. The predicted molar refractivity (Wildman–Crippen MR) is 113 cm³/mol. The molecule has 0 aliphatic carbocycles. The van der Waals surface area contributed by atoms with Crippen molar-refractivity contribution in [1.29, 1.82) is 0 Å². The number of anilines is 1. The van der Waals surface area contributed by atoms with Crippen LogP contribution in [0.1, 0.15) is 36.8 Å². The first kappa shape index (κ1) is 17.2. The molecule has 154 valence electrons. The maximum atomic E-state index is 13.4. The molecule has 6 heterocycles. The smallest absolute Gasteiger partial charge is 0.262 e. The minimum Gasteiger partial charge on any atom is -0.343 e. The summed E-state index contributed by atoms with van der Waals surface area (Å²) in [7, 11) is 0. The molecule has 31 heavy (non-hydrogen) atoms. The summed E-state index contributed by atoms with van der Waals surface area (Å²) in [5.41, 5.74) is 1.70. The number of carbonyl (C=O) groups excluding carboxylic acids is 2. The summed E-state index contributed by atoms with van der Waals surface area (Å²) < 4.78 is 1.57. The molecule has 5 atom stereocenters. The van der Waals surface area contributed by atoms with E-state index in [-0.39, 0.29) is 29.6 Å². The van der Waals surface area contributed by atoms with Gasteiger partial charge in [-0.15, -0.1) is 0 Å². The Kier molecular flexibility index (Phi) is 2.99. The molecule has 8 heteroatoms. The van der Waals surface area contributed by atoms with Crippen molar-refractivity contribution in [2.24, 2.45) is 0 Å². The number of benzene rings is 2. The summed E-state index contributed by atoms with van der Waals surface area (Å²) in [4.78, 5) is 46.0. The third-order valence-corrected chi connectivity index (χ3v) is 7.47. The number of carbonyl (C=O) groups is 2. The highest BCUT2D eigenvalue weighted by Crippen LogP contribution is 2.59. The van der Waals surface area contributed by atoms with E-state index in [4.69, 9.17) is 4.98 Å². The van der Waals surface area contributed by atoms with Crippen LogP contribution in [0.2, 0.25) is 0 Å². The summed E-state index contributed by atoms with van der Waals surface area (Å²) in [5.74, 6) is 0.409. The van der Waals surface area contributed by atoms with Crippen molar-refractivity contribution in [2.75, 3.05) is 4.90 Å². The first-order chi connectivity index (χ1) is 15.0.